The number of hydrogen-bond donors (Lipinski definition) is 2. The molecule has 0 aromatic heterocycles. The second-order valence-corrected chi connectivity index (χ2v) is 4.42. The normalized spacial score (nSPS) is 12.2. The summed E-state index contributed by atoms with van der Waals surface area (Å²) in [6, 6.07) is 4.96. The van der Waals surface area contributed by atoms with Crippen molar-refractivity contribution in [1.29, 1.82) is 0 Å². The first-order chi connectivity index (χ1) is 7.04. The molecule has 0 bridgehead atoms. The van der Waals surface area contributed by atoms with Crippen molar-refractivity contribution < 1.29 is 4.79 Å². The van der Waals surface area contributed by atoms with Gasteiger partial charge < -0.3 is 11.1 Å². The highest BCUT2D eigenvalue weighted by atomic mass is 79.9. The standard InChI is InChI=1S/C10H12BrClN2O/c1-2-8(10(13)15)14-9-4-3-6(12)5-7(9)11/h3-5,8,14H,2H2,1H3,(H2,13,15). The average molecular weight is 292 g/mol. The van der Waals surface area contributed by atoms with E-state index in [1.54, 1.807) is 18.2 Å². The Morgan fingerprint density at radius 2 is 2.33 bits per heavy atom. The van der Waals surface area contributed by atoms with Gasteiger partial charge in [0.1, 0.15) is 6.04 Å². The molecule has 5 heteroatoms. The van der Waals surface area contributed by atoms with E-state index >= 15 is 0 Å². The number of carbonyl (C=O) groups excluding carboxylic acids is 1. The molecule has 0 saturated carbocycles. The Morgan fingerprint density at radius 3 is 2.80 bits per heavy atom. The Balaban J connectivity index is 2.84. The second kappa shape index (κ2) is 5.37. The first-order valence-electron chi connectivity index (χ1n) is 4.55. The van der Waals surface area contributed by atoms with Gasteiger partial charge in [0.05, 0.1) is 0 Å². The molecule has 0 heterocycles. The molecular weight excluding hydrogens is 279 g/mol. The van der Waals surface area contributed by atoms with Crippen LogP contribution >= 0.6 is 27.5 Å². The number of halogens is 2. The number of nitrogens with two attached hydrogens (primary N) is 1. The van der Waals surface area contributed by atoms with Gasteiger partial charge in [0.15, 0.2) is 0 Å². The average Bonchev–Trinajstić information content (AvgIpc) is 2.16. The van der Waals surface area contributed by atoms with E-state index in [9.17, 15) is 4.79 Å². The summed E-state index contributed by atoms with van der Waals surface area (Å²) >= 11 is 9.16. The van der Waals surface area contributed by atoms with Gasteiger partial charge in [-0.25, -0.2) is 0 Å². The zero-order valence-electron chi connectivity index (χ0n) is 8.26. The number of nitrogens with one attached hydrogen (secondary N) is 1. The van der Waals surface area contributed by atoms with Gasteiger partial charge in [0, 0.05) is 15.2 Å². The third-order valence-electron chi connectivity index (χ3n) is 2.01. The van der Waals surface area contributed by atoms with Crippen LogP contribution in [0.2, 0.25) is 5.02 Å². The van der Waals surface area contributed by atoms with Crippen LogP contribution in [0.1, 0.15) is 13.3 Å². The summed E-state index contributed by atoms with van der Waals surface area (Å²) in [4.78, 5) is 11.0. The monoisotopic (exact) mass is 290 g/mol. The van der Waals surface area contributed by atoms with Gasteiger partial charge in [-0.05, 0) is 40.5 Å². The molecule has 1 atom stereocenters. The molecule has 0 radical (unpaired) electrons. The number of benzene rings is 1. The summed E-state index contributed by atoms with van der Waals surface area (Å²) in [5, 5.41) is 3.68. The molecule has 0 aliphatic carbocycles. The smallest absolute Gasteiger partial charge is 0.239 e. The van der Waals surface area contributed by atoms with Crippen LogP contribution in [0.15, 0.2) is 22.7 Å². The van der Waals surface area contributed by atoms with Crippen molar-refractivity contribution in [2.75, 3.05) is 5.32 Å². The van der Waals surface area contributed by atoms with E-state index in [-0.39, 0.29) is 11.9 Å². The lowest BCUT2D eigenvalue weighted by molar-refractivity contribution is -0.118. The molecule has 0 aliphatic rings. The number of amides is 1. The van der Waals surface area contributed by atoms with E-state index in [1.165, 1.54) is 0 Å². The van der Waals surface area contributed by atoms with Crippen molar-refractivity contribution in [2.45, 2.75) is 19.4 Å². The van der Waals surface area contributed by atoms with Gasteiger partial charge >= 0.3 is 0 Å². The summed E-state index contributed by atoms with van der Waals surface area (Å²) < 4.78 is 0.815. The van der Waals surface area contributed by atoms with Gasteiger partial charge in [-0.15, -0.1) is 0 Å². The molecule has 0 fully saturated rings. The van der Waals surface area contributed by atoms with Gasteiger partial charge in [-0.3, -0.25) is 4.79 Å². The summed E-state index contributed by atoms with van der Waals surface area (Å²) in [6.45, 7) is 1.90. The minimum absolute atomic E-state index is 0.359. The van der Waals surface area contributed by atoms with Crippen LogP contribution < -0.4 is 11.1 Å². The molecule has 1 aromatic rings. The van der Waals surface area contributed by atoms with Crippen LogP contribution in [0.25, 0.3) is 0 Å². The maximum atomic E-state index is 11.0. The third-order valence-corrected chi connectivity index (χ3v) is 2.90. The number of anilines is 1. The lowest BCUT2D eigenvalue weighted by atomic mass is 10.2. The molecule has 1 unspecified atom stereocenters. The van der Waals surface area contributed by atoms with Crippen LogP contribution in [-0.4, -0.2) is 11.9 Å². The van der Waals surface area contributed by atoms with Crippen LogP contribution in [0.3, 0.4) is 0 Å². The molecule has 1 aromatic carbocycles. The van der Waals surface area contributed by atoms with E-state index < -0.39 is 0 Å². The fourth-order valence-electron chi connectivity index (χ4n) is 1.17. The Bertz CT molecular complexity index is 370. The summed E-state index contributed by atoms with van der Waals surface area (Å²) in [6.07, 6.45) is 0.643. The Kier molecular flexibility index (Phi) is 4.42. The summed E-state index contributed by atoms with van der Waals surface area (Å²) in [5.41, 5.74) is 6.04. The largest absolute Gasteiger partial charge is 0.373 e. The molecule has 15 heavy (non-hydrogen) atoms. The number of hydrogen-bond acceptors (Lipinski definition) is 2. The van der Waals surface area contributed by atoms with Crippen LogP contribution in [0.4, 0.5) is 5.69 Å². The number of carbonyl (C=O) groups is 1. The molecule has 0 spiro atoms. The van der Waals surface area contributed by atoms with Crippen LogP contribution in [-0.2, 0) is 4.79 Å². The van der Waals surface area contributed by atoms with Gasteiger partial charge in [0.2, 0.25) is 5.91 Å². The molecular formula is C10H12BrClN2O. The summed E-state index contributed by atoms with van der Waals surface area (Å²) in [5.74, 6) is -0.362. The Morgan fingerprint density at radius 1 is 1.67 bits per heavy atom. The topological polar surface area (TPSA) is 55.1 Å². The van der Waals surface area contributed by atoms with Crippen LogP contribution in [0, 0.1) is 0 Å². The molecule has 1 rings (SSSR count). The van der Waals surface area contributed by atoms with E-state index in [4.69, 9.17) is 17.3 Å². The van der Waals surface area contributed by atoms with Crippen LogP contribution in [0.5, 0.6) is 0 Å². The first-order valence-corrected chi connectivity index (χ1v) is 5.72. The maximum Gasteiger partial charge on any atom is 0.239 e. The lowest BCUT2D eigenvalue weighted by Crippen LogP contribution is -2.34. The molecule has 82 valence electrons. The van der Waals surface area contributed by atoms with E-state index in [0.29, 0.717) is 11.4 Å². The predicted octanol–water partition coefficient (Wildman–Crippen LogP) is 2.78. The van der Waals surface area contributed by atoms with Crippen molar-refractivity contribution in [1.82, 2.24) is 0 Å². The molecule has 1 amide bonds. The zero-order chi connectivity index (χ0) is 11.4. The Labute approximate surface area is 102 Å². The Hall–Kier alpha value is -0.740. The SMILES string of the molecule is CCC(Nc1ccc(Cl)cc1Br)C(N)=O. The molecule has 3 N–H and O–H groups in total. The highest BCUT2D eigenvalue weighted by molar-refractivity contribution is 9.10. The predicted molar refractivity (Wildman–Crippen MR) is 66.0 cm³/mol. The van der Waals surface area contributed by atoms with E-state index in [2.05, 4.69) is 21.2 Å². The fraction of sp³-hybridized carbons (Fsp3) is 0.300. The van der Waals surface area contributed by atoms with Gasteiger partial charge in [0.25, 0.3) is 0 Å². The zero-order valence-corrected chi connectivity index (χ0v) is 10.6. The van der Waals surface area contributed by atoms with E-state index in [1.807, 2.05) is 6.92 Å². The molecule has 0 saturated heterocycles. The van der Waals surface area contributed by atoms with Crippen molar-refractivity contribution >= 4 is 39.1 Å². The third kappa shape index (κ3) is 3.39. The highest BCUT2D eigenvalue weighted by Gasteiger charge is 2.13. The van der Waals surface area contributed by atoms with E-state index in [0.717, 1.165) is 10.2 Å². The number of primary amides is 1. The minimum Gasteiger partial charge on any atom is -0.373 e. The summed E-state index contributed by atoms with van der Waals surface area (Å²) in [7, 11) is 0. The molecule has 3 nitrogen and oxygen atoms in total. The quantitative estimate of drug-likeness (QED) is 0.896. The minimum atomic E-state index is -0.362. The van der Waals surface area contributed by atoms with Gasteiger partial charge in [-0.2, -0.15) is 0 Å². The lowest BCUT2D eigenvalue weighted by Gasteiger charge is -2.15. The van der Waals surface area contributed by atoms with Crippen molar-refractivity contribution in [2.24, 2.45) is 5.73 Å². The fourth-order valence-corrected chi connectivity index (χ4v) is 1.97. The van der Waals surface area contributed by atoms with Crippen molar-refractivity contribution in [3.8, 4) is 0 Å². The maximum absolute atomic E-state index is 11.0. The first kappa shape index (κ1) is 12.3. The van der Waals surface area contributed by atoms with Crippen molar-refractivity contribution in [3.63, 3.8) is 0 Å². The van der Waals surface area contributed by atoms with Crippen molar-refractivity contribution in [3.05, 3.63) is 27.7 Å². The molecule has 0 aliphatic heterocycles. The highest BCUT2D eigenvalue weighted by Crippen LogP contribution is 2.26. The second-order valence-electron chi connectivity index (χ2n) is 3.13. The van der Waals surface area contributed by atoms with Gasteiger partial charge in [-0.1, -0.05) is 18.5 Å². The number of rotatable bonds is 4.